The summed E-state index contributed by atoms with van der Waals surface area (Å²) in [6, 6.07) is 16.4. The molecule has 0 radical (unpaired) electrons. The molecule has 0 saturated heterocycles. The van der Waals surface area contributed by atoms with E-state index in [-0.39, 0.29) is 23.1 Å². The second-order valence-corrected chi connectivity index (χ2v) is 7.84. The first kappa shape index (κ1) is 23.0. The third-order valence-electron chi connectivity index (χ3n) is 5.12. The molecule has 0 saturated carbocycles. The van der Waals surface area contributed by atoms with Gasteiger partial charge >= 0.3 is 0 Å². The molecule has 0 aliphatic carbocycles. The average molecular weight is 464 g/mol. The first-order valence-corrected chi connectivity index (χ1v) is 10.5. The van der Waals surface area contributed by atoms with E-state index < -0.39 is 23.4 Å². The lowest BCUT2D eigenvalue weighted by molar-refractivity contribution is -0.120. The summed E-state index contributed by atoms with van der Waals surface area (Å²) < 4.78 is 38.2. The lowest BCUT2D eigenvalue weighted by Crippen LogP contribution is -2.32. The van der Waals surface area contributed by atoms with Crippen molar-refractivity contribution < 1.29 is 27.8 Å². The van der Waals surface area contributed by atoms with Crippen molar-refractivity contribution >= 4 is 28.8 Å². The van der Waals surface area contributed by atoms with Gasteiger partial charge in [0.25, 0.3) is 11.8 Å². The summed E-state index contributed by atoms with van der Waals surface area (Å²) in [5.41, 5.74) is 1.05. The van der Waals surface area contributed by atoms with Crippen LogP contribution in [-0.2, 0) is 9.59 Å². The molecule has 0 bridgehead atoms. The third kappa shape index (κ3) is 4.47. The Morgan fingerprint density at radius 2 is 1.47 bits per heavy atom. The summed E-state index contributed by atoms with van der Waals surface area (Å²) in [4.78, 5) is 27.6. The highest BCUT2D eigenvalue weighted by atomic mass is 19.2. The minimum absolute atomic E-state index is 0.00175. The Morgan fingerprint density at radius 3 is 2.06 bits per heavy atom. The molecule has 1 aliphatic rings. The van der Waals surface area contributed by atoms with E-state index in [1.54, 1.807) is 48.5 Å². The molecular formula is C26H22F2N2O4. The van der Waals surface area contributed by atoms with Crippen LogP contribution in [0.4, 0.5) is 20.2 Å². The Balaban J connectivity index is 1.75. The van der Waals surface area contributed by atoms with Crippen molar-refractivity contribution in [2.45, 2.75) is 20.0 Å². The Kier molecular flexibility index (Phi) is 6.32. The summed E-state index contributed by atoms with van der Waals surface area (Å²) >= 11 is 0. The van der Waals surface area contributed by atoms with Crippen LogP contribution in [0.5, 0.6) is 11.5 Å². The summed E-state index contributed by atoms with van der Waals surface area (Å²) in [5.74, 6) is -2.36. The molecule has 0 unspecified atom stereocenters. The summed E-state index contributed by atoms with van der Waals surface area (Å²) in [7, 11) is 1.52. The van der Waals surface area contributed by atoms with Crippen molar-refractivity contribution in [3.05, 3.63) is 89.6 Å². The number of methoxy groups -OCH3 is 1. The van der Waals surface area contributed by atoms with Crippen LogP contribution in [0, 0.1) is 11.6 Å². The Labute approximate surface area is 195 Å². The van der Waals surface area contributed by atoms with Crippen molar-refractivity contribution in [3.8, 4) is 11.5 Å². The predicted molar refractivity (Wildman–Crippen MR) is 125 cm³/mol. The van der Waals surface area contributed by atoms with Gasteiger partial charge in [0, 0.05) is 11.8 Å². The van der Waals surface area contributed by atoms with Crippen LogP contribution in [-0.4, -0.2) is 25.0 Å². The lowest BCUT2D eigenvalue weighted by atomic mass is 10.0. The molecule has 1 heterocycles. The fourth-order valence-electron chi connectivity index (χ4n) is 3.56. The molecule has 1 N–H and O–H groups in total. The number of amides is 2. The fourth-order valence-corrected chi connectivity index (χ4v) is 3.56. The largest absolute Gasteiger partial charge is 0.497 e. The van der Waals surface area contributed by atoms with Gasteiger partial charge in [-0.15, -0.1) is 0 Å². The molecule has 0 spiro atoms. The number of ether oxygens (including phenoxy) is 2. The molecule has 0 atom stereocenters. The molecule has 2 amide bonds. The van der Waals surface area contributed by atoms with Crippen LogP contribution in [0.1, 0.15) is 19.4 Å². The number of carbonyl (C=O) groups is 2. The molecule has 0 aromatic heterocycles. The van der Waals surface area contributed by atoms with E-state index in [9.17, 15) is 18.4 Å². The van der Waals surface area contributed by atoms with Crippen LogP contribution in [0.2, 0.25) is 0 Å². The van der Waals surface area contributed by atoms with E-state index >= 15 is 0 Å². The number of halogens is 2. The van der Waals surface area contributed by atoms with Gasteiger partial charge in [0.2, 0.25) is 0 Å². The first-order valence-electron chi connectivity index (χ1n) is 10.5. The van der Waals surface area contributed by atoms with Crippen LogP contribution in [0.15, 0.2) is 72.4 Å². The number of benzene rings is 3. The normalized spacial score (nSPS) is 13.6. The number of hydrogen-bond acceptors (Lipinski definition) is 5. The van der Waals surface area contributed by atoms with Gasteiger partial charge in [0.1, 0.15) is 17.2 Å². The second kappa shape index (κ2) is 9.35. The van der Waals surface area contributed by atoms with E-state index in [1.165, 1.54) is 13.2 Å². The van der Waals surface area contributed by atoms with Crippen molar-refractivity contribution in [1.29, 1.82) is 0 Å². The molecule has 8 heteroatoms. The minimum atomic E-state index is -1.16. The van der Waals surface area contributed by atoms with Gasteiger partial charge < -0.3 is 14.8 Å². The molecule has 174 valence electrons. The molecule has 1 aliphatic heterocycles. The Morgan fingerprint density at radius 1 is 0.824 bits per heavy atom. The topological polar surface area (TPSA) is 67.9 Å². The number of nitrogens with one attached hydrogen (secondary N) is 1. The monoisotopic (exact) mass is 464 g/mol. The predicted octanol–water partition coefficient (Wildman–Crippen LogP) is 5.16. The van der Waals surface area contributed by atoms with Gasteiger partial charge in [-0.3, -0.25) is 9.59 Å². The SMILES string of the molecule is COc1ccc(C2=C(Nc3ccc(OC(C)C)cc3)C(=O)N(c3ccc(F)c(F)c3)C2=O)cc1. The van der Waals surface area contributed by atoms with Gasteiger partial charge in [-0.2, -0.15) is 0 Å². The number of hydrogen-bond donors (Lipinski definition) is 1. The average Bonchev–Trinajstić information content (AvgIpc) is 3.06. The number of carbonyl (C=O) groups excluding carboxylic acids is 2. The van der Waals surface area contributed by atoms with Gasteiger partial charge in [-0.25, -0.2) is 13.7 Å². The number of anilines is 2. The molecule has 0 fully saturated rings. The smallest absolute Gasteiger partial charge is 0.282 e. The third-order valence-corrected chi connectivity index (χ3v) is 5.12. The maximum atomic E-state index is 13.9. The van der Waals surface area contributed by atoms with E-state index in [2.05, 4.69) is 5.32 Å². The summed E-state index contributed by atoms with van der Waals surface area (Å²) in [5, 5.41) is 3.02. The van der Waals surface area contributed by atoms with Crippen molar-refractivity contribution in [3.63, 3.8) is 0 Å². The molecular weight excluding hydrogens is 442 g/mol. The van der Waals surface area contributed by atoms with Gasteiger partial charge in [0.05, 0.1) is 24.5 Å². The number of imide groups is 1. The number of nitrogens with zero attached hydrogens (tertiary/aromatic N) is 1. The Hall–Kier alpha value is -4.20. The van der Waals surface area contributed by atoms with Gasteiger partial charge in [0.15, 0.2) is 11.6 Å². The Bertz CT molecular complexity index is 1270. The zero-order valence-electron chi connectivity index (χ0n) is 18.8. The fraction of sp³-hybridized carbons (Fsp3) is 0.154. The summed E-state index contributed by atoms with van der Waals surface area (Å²) in [6.45, 7) is 3.82. The van der Waals surface area contributed by atoms with E-state index in [0.29, 0.717) is 22.7 Å². The quantitative estimate of drug-likeness (QED) is 0.490. The van der Waals surface area contributed by atoms with Crippen LogP contribution >= 0.6 is 0 Å². The van der Waals surface area contributed by atoms with E-state index in [4.69, 9.17) is 9.47 Å². The number of rotatable bonds is 7. The van der Waals surface area contributed by atoms with Crippen LogP contribution in [0.25, 0.3) is 5.57 Å². The second-order valence-electron chi connectivity index (χ2n) is 7.84. The minimum Gasteiger partial charge on any atom is -0.497 e. The van der Waals surface area contributed by atoms with Gasteiger partial charge in [-0.1, -0.05) is 12.1 Å². The molecule has 4 rings (SSSR count). The molecule has 6 nitrogen and oxygen atoms in total. The standard InChI is InChI=1S/C26H22F2N2O4/c1-15(2)34-20-11-6-17(7-12-20)29-24-23(16-4-9-19(33-3)10-5-16)25(31)30(26(24)32)18-8-13-21(27)22(28)14-18/h4-15,29H,1-3H3. The zero-order chi connectivity index (χ0) is 24.4. The zero-order valence-corrected chi connectivity index (χ0v) is 18.8. The van der Waals surface area contributed by atoms with E-state index in [1.807, 2.05) is 13.8 Å². The highest BCUT2D eigenvalue weighted by molar-refractivity contribution is 6.46. The lowest BCUT2D eigenvalue weighted by Gasteiger charge is -2.16. The highest BCUT2D eigenvalue weighted by Crippen LogP contribution is 2.35. The maximum Gasteiger partial charge on any atom is 0.282 e. The van der Waals surface area contributed by atoms with Crippen molar-refractivity contribution in [2.75, 3.05) is 17.3 Å². The van der Waals surface area contributed by atoms with Crippen LogP contribution in [0.3, 0.4) is 0 Å². The maximum absolute atomic E-state index is 13.9. The van der Waals surface area contributed by atoms with Crippen molar-refractivity contribution in [2.24, 2.45) is 0 Å². The van der Waals surface area contributed by atoms with Crippen molar-refractivity contribution in [1.82, 2.24) is 0 Å². The van der Waals surface area contributed by atoms with E-state index in [0.717, 1.165) is 17.0 Å². The molecule has 34 heavy (non-hydrogen) atoms. The van der Waals surface area contributed by atoms with Crippen LogP contribution < -0.4 is 19.7 Å². The summed E-state index contributed by atoms with van der Waals surface area (Å²) in [6.07, 6.45) is 0.00175. The molecule has 3 aromatic carbocycles. The molecule has 3 aromatic rings. The first-order chi connectivity index (χ1) is 16.3. The highest BCUT2D eigenvalue weighted by Gasteiger charge is 2.40. The van der Waals surface area contributed by atoms with Gasteiger partial charge in [-0.05, 0) is 67.9 Å².